The quantitative estimate of drug-likeness (QED) is 0.852. The summed E-state index contributed by atoms with van der Waals surface area (Å²) in [5.74, 6) is 1.29. The number of aliphatic hydroxyl groups is 1. The number of hydrogen-bond acceptors (Lipinski definition) is 3. The summed E-state index contributed by atoms with van der Waals surface area (Å²) < 4.78 is 10.4. The molecule has 4 nitrogen and oxygen atoms in total. The van der Waals surface area contributed by atoms with E-state index in [2.05, 4.69) is 4.98 Å². The molecule has 4 heteroatoms. The molecular formula is C14H17NO3. The molecule has 0 radical (unpaired) electrons. The van der Waals surface area contributed by atoms with E-state index in [1.165, 1.54) is 0 Å². The highest BCUT2D eigenvalue weighted by atomic mass is 16.5. The fourth-order valence-electron chi connectivity index (χ4n) is 1.88. The van der Waals surface area contributed by atoms with Crippen LogP contribution < -0.4 is 9.47 Å². The topological polar surface area (TPSA) is 54.5 Å². The van der Waals surface area contributed by atoms with E-state index in [4.69, 9.17) is 9.47 Å². The van der Waals surface area contributed by atoms with Crippen LogP contribution in [0.25, 0.3) is 0 Å². The molecule has 0 bridgehead atoms. The molecule has 1 aromatic heterocycles. The van der Waals surface area contributed by atoms with Crippen LogP contribution in [0.1, 0.15) is 17.4 Å². The van der Waals surface area contributed by atoms with Crippen molar-refractivity contribution in [2.24, 2.45) is 0 Å². The molecule has 0 aliphatic carbocycles. The Labute approximate surface area is 106 Å². The number of aliphatic hydroxyl groups excluding tert-OH is 1. The van der Waals surface area contributed by atoms with E-state index >= 15 is 0 Å². The third kappa shape index (κ3) is 2.65. The molecule has 1 aromatic carbocycles. The Balaban J connectivity index is 2.17. The maximum atomic E-state index is 10.2. The van der Waals surface area contributed by atoms with Gasteiger partial charge in [-0.05, 0) is 29.8 Å². The van der Waals surface area contributed by atoms with Crippen molar-refractivity contribution in [3.05, 3.63) is 47.8 Å². The number of aromatic amines is 1. The van der Waals surface area contributed by atoms with Crippen molar-refractivity contribution in [3.63, 3.8) is 0 Å². The van der Waals surface area contributed by atoms with Crippen molar-refractivity contribution in [2.75, 3.05) is 14.2 Å². The van der Waals surface area contributed by atoms with Gasteiger partial charge < -0.3 is 19.6 Å². The van der Waals surface area contributed by atoms with Crippen molar-refractivity contribution in [2.45, 2.75) is 12.5 Å². The summed E-state index contributed by atoms with van der Waals surface area (Å²) in [5, 5.41) is 10.2. The molecule has 96 valence electrons. The SMILES string of the molecule is COc1ccc(C(O)Cc2ccc[nH]2)cc1OC. The monoisotopic (exact) mass is 247 g/mol. The Hall–Kier alpha value is -1.94. The minimum absolute atomic E-state index is 0.544. The van der Waals surface area contributed by atoms with Crippen molar-refractivity contribution < 1.29 is 14.6 Å². The second-order valence-electron chi connectivity index (χ2n) is 4.03. The van der Waals surface area contributed by atoms with Crippen LogP contribution in [-0.2, 0) is 6.42 Å². The standard InChI is InChI=1S/C14H17NO3/c1-17-13-6-5-10(8-14(13)18-2)12(16)9-11-4-3-7-15-11/h3-8,12,15-16H,9H2,1-2H3. The Bertz CT molecular complexity index is 494. The Morgan fingerprint density at radius 3 is 2.56 bits per heavy atom. The number of methoxy groups -OCH3 is 2. The maximum absolute atomic E-state index is 10.2. The molecule has 0 spiro atoms. The zero-order chi connectivity index (χ0) is 13.0. The van der Waals surface area contributed by atoms with Crippen LogP contribution in [0.15, 0.2) is 36.5 Å². The fraction of sp³-hybridized carbons (Fsp3) is 0.286. The first-order valence-corrected chi connectivity index (χ1v) is 5.77. The number of benzene rings is 1. The predicted molar refractivity (Wildman–Crippen MR) is 69.0 cm³/mol. The average Bonchev–Trinajstić information content (AvgIpc) is 2.90. The van der Waals surface area contributed by atoms with Crippen LogP contribution in [0.3, 0.4) is 0 Å². The van der Waals surface area contributed by atoms with Crippen LogP contribution in [0.4, 0.5) is 0 Å². The van der Waals surface area contributed by atoms with Gasteiger partial charge in [-0.25, -0.2) is 0 Å². The van der Waals surface area contributed by atoms with E-state index in [1.807, 2.05) is 24.4 Å². The zero-order valence-corrected chi connectivity index (χ0v) is 10.5. The van der Waals surface area contributed by atoms with Gasteiger partial charge in [-0.15, -0.1) is 0 Å². The molecule has 0 amide bonds. The van der Waals surface area contributed by atoms with Crippen molar-refractivity contribution in [1.29, 1.82) is 0 Å². The predicted octanol–water partition coefficient (Wildman–Crippen LogP) is 2.31. The normalized spacial score (nSPS) is 12.2. The van der Waals surface area contributed by atoms with Gasteiger partial charge in [0.1, 0.15) is 0 Å². The van der Waals surface area contributed by atoms with E-state index in [1.54, 1.807) is 26.4 Å². The third-order valence-electron chi connectivity index (χ3n) is 2.87. The molecule has 0 saturated carbocycles. The zero-order valence-electron chi connectivity index (χ0n) is 10.5. The van der Waals surface area contributed by atoms with Crippen LogP contribution in [0.5, 0.6) is 11.5 Å². The summed E-state index contributed by atoms with van der Waals surface area (Å²) in [6, 6.07) is 9.30. The number of ether oxygens (including phenoxy) is 2. The molecule has 0 fully saturated rings. The van der Waals surface area contributed by atoms with Gasteiger partial charge in [-0.2, -0.15) is 0 Å². The Kier molecular flexibility index (Phi) is 3.89. The molecule has 1 atom stereocenters. The summed E-state index contributed by atoms with van der Waals surface area (Å²) in [6.07, 6.45) is 1.82. The van der Waals surface area contributed by atoms with Crippen LogP contribution in [-0.4, -0.2) is 24.3 Å². The van der Waals surface area contributed by atoms with E-state index < -0.39 is 6.10 Å². The summed E-state index contributed by atoms with van der Waals surface area (Å²) in [7, 11) is 3.17. The summed E-state index contributed by atoms with van der Waals surface area (Å²) in [4.78, 5) is 3.07. The van der Waals surface area contributed by atoms with Gasteiger partial charge in [0, 0.05) is 18.3 Å². The molecule has 2 N–H and O–H groups in total. The largest absolute Gasteiger partial charge is 0.493 e. The molecule has 0 saturated heterocycles. The molecule has 2 rings (SSSR count). The molecule has 1 unspecified atom stereocenters. The fourth-order valence-corrected chi connectivity index (χ4v) is 1.88. The summed E-state index contributed by atoms with van der Waals surface area (Å²) in [5.41, 5.74) is 1.81. The lowest BCUT2D eigenvalue weighted by Crippen LogP contribution is -2.03. The van der Waals surface area contributed by atoms with Crippen LogP contribution in [0.2, 0.25) is 0 Å². The highest BCUT2D eigenvalue weighted by molar-refractivity contribution is 5.43. The van der Waals surface area contributed by atoms with Gasteiger partial charge in [0.25, 0.3) is 0 Å². The van der Waals surface area contributed by atoms with Gasteiger partial charge in [-0.1, -0.05) is 6.07 Å². The van der Waals surface area contributed by atoms with Gasteiger partial charge in [0.15, 0.2) is 11.5 Å². The van der Waals surface area contributed by atoms with Crippen molar-refractivity contribution >= 4 is 0 Å². The van der Waals surface area contributed by atoms with Crippen LogP contribution >= 0.6 is 0 Å². The molecule has 1 heterocycles. The van der Waals surface area contributed by atoms with Gasteiger partial charge in [0.2, 0.25) is 0 Å². The highest BCUT2D eigenvalue weighted by Crippen LogP contribution is 2.30. The van der Waals surface area contributed by atoms with Crippen molar-refractivity contribution in [3.8, 4) is 11.5 Å². The number of nitrogens with one attached hydrogen (secondary N) is 1. The highest BCUT2D eigenvalue weighted by Gasteiger charge is 2.12. The second kappa shape index (κ2) is 5.60. The van der Waals surface area contributed by atoms with E-state index in [0.717, 1.165) is 11.3 Å². The number of aromatic nitrogens is 1. The van der Waals surface area contributed by atoms with Crippen LogP contribution in [0, 0.1) is 0 Å². The summed E-state index contributed by atoms with van der Waals surface area (Å²) in [6.45, 7) is 0. The second-order valence-corrected chi connectivity index (χ2v) is 4.03. The van der Waals surface area contributed by atoms with E-state index in [9.17, 15) is 5.11 Å². The van der Waals surface area contributed by atoms with E-state index in [0.29, 0.717) is 17.9 Å². The molecule has 18 heavy (non-hydrogen) atoms. The van der Waals surface area contributed by atoms with Gasteiger partial charge in [0.05, 0.1) is 20.3 Å². The maximum Gasteiger partial charge on any atom is 0.161 e. The minimum atomic E-state index is -0.566. The first-order valence-electron chi connectivity index (χ1n) is 5.77. The lowest BCUT2D eigenvalue weighted by Gasteiger charge is -2.13. The van der Waals surface area contributed by atoms with Crippen molar-refractivity contribution in [1.82, 2.24) is 4.98 Å². The first kappa shape index (κ1) is 12.5. The number of H-pyrrole nitrogens is 1. The molecule has 0 aliphatic rings. The van der Waals surface area contributed by atoms with E-state index in [-0.39, 0.29) is 0 Å². The number of rotatable bonds is 5. The number of hydrogen-bond donors (Lipinski definition) is 2. The Morgan fingerprint density at radius 2 is 1.94 bits per heavy atom. The minimum Gasteiger partial charge on any atom is -0.493 e. The third-order valence-corrected chi connectivity index (χ3v) is 2.87. The first-order chi connectivity index (χ1) is 8.74. The lowest BCUT2D eigenvalue weighted by atomic mass is 10.0. The lowest BCUT2D eigenvalue weighted by molar-refractivity contribution is 0.177. The molecule has 2 aromatic rings. The smallest absolute Gasteiger partial charge is 0.161 e. The Morgan fingerprint density at radius 1 is 1.17 bits per heavy atom. The molecule has 0 aliphatic heterocycles. The molecular weight excluding hydrogens is 230 g/mol. The van der Waals surface area contributed by atoms with Gasteiger partial charge in [-0.3, -0.25) is 0 Å². The summed E-state index contributed by atoms with van der Waals surface area (Å²) >= 11 is 0. The van der Waals surface area contributed by atoms with Gasteiger partial charge >= 0.3 is 0 Å². The average molecular weight is 247 g/mol.